The first-order chi connectivity index (χ1) is 5.60. The minimum absolute atomic E-state index is 0.220. The number of hydrogen-bond acceptors (Lipinski definition) is 5. The minimum Gasteiger partial charge on any atom is -0.342 e. The van der Waals surface area contributed by atoms with Crippen molar-refractivity contribution in [3.05, 3.63) is 0 Å². The maximum Gasteiger partial charge on any atom is 0.296 e. The lowest BCUT2D eigenvalue weighted by atomic mass is 10.2. The van der Waals surface area contributed by atoms with Crippen LogP contribution in [-0.2, 0) is 9.47 Å². The van der Waals surface area contributed by atoms with Crippen LogP contribution in [-0.4, -0.2) is 37.4 Å². The molecule has 0 amide bonds. The molecular formula is C7H18N2O3. The van der Waals surface area contributed by atoms with Gasteiger partial charge in [-0.25, -0.2) is 0 Å². The van der Waals surface area contributed by atoms with Gasteiger partial charge in [0.15, 0.2) is 0 Å². The molecule has 0 saturated heterocycles. The van der Waals surface area contributed by atoms with Crippen molar-refractivity contribution in [1.29, 1.82) is 0 Å². The highest BCUT2D eigenvalue weighted by molar-refractivity contribution is 4.70. The predicted molar refractivity (Wildman–Crippen MR) is 45.2 cm³/mol. The number of methoxy groups -OCH3 is 1. The van der Waals surface area contributed by atoms with Crippen molar-refractivity contribution in [2.75, 3.05) is 20.3 Å². The Labute approximate surface area is 72.6 Å². The second-order valence-electron chi connectivity index (χ2n) is 2.49. The number of aliphatic hydroxyl groups is 1. The fraction of sp³-hybridized carbons (Fsp3) is 1.00. The molecule has 0 heterocycles. The van der Waals surface area contributed by atoms with Crippen LogP contribution in [0.4, 0.5) is 0 Å². The summed E-state index contributed by atoms with van der Waals surface area (Å²) in [5.74, 6) is -1.70. The molecule has 0 radical (unpaired) electrons. The molecule has 74 valence electrons. The van der Waals surface area contributed by atoms with E-state index in [2.05, 4.69) is 0 Å². The van der Waals surface area contributed by atoms with Crippen LogP contribution in [0.5, 0.6) is 0 Å². The third-order valence-corrected chi connectivity index (χ3v) is 1.63. The van der Waals surface area contributed by atoms with E-state index in [1.54, 1.807) is 0 Å². The SMILES string of the molecule is CCC(N)C(O)(OC)OCCN. The third kappa shape index (κ3) is 3.04. The summed E-state index contributed by atoms with van der Waals surface area (Å²) in [6, 6.07) is -0.561. The summed E-state index contributed by atoms with van der Waals surface area (Å²) < 4.78 is 9.71. The molecule has 12 heavy (non-hydrogen) atoms. The van der Waals surface area contributed by atoms with Gasteiger partial charge in [-0.3, -0.25) is 0 Å². The predicted octanol–water partition coefficient (Wildman–Crippen LogP) is -1.01. The fourth-order valence-corrected chi connectivity index (χ4v) is 0.780. The van der Waals surface area contributed by atoms with Crippen LogP contribution < -0.4 is 11.5 Å². The van der Waals surface area contributed by atoms with E-state index in [0.29, 0.717) is 13.0 Å². The van der Waals surface area contributed by atoms with Gasteiger partial charge < -0.3 is 26.0 Å². The molecule has 0 rings (SSSR count). The average molecular weight is 178 g/mol. The maximum absolute atomic E-state index is 9.59. The molecule has 0 aliphatic rings. The molecular weight excluding hydrogens is 160 g/mol. The van der Waals surface area contributed by atoms with Crippen molar-refractivity contribution >= 4 is 0 Å². The molecule has 0 aromatic carbocycles. The van der Waals surface area contributed by atoms with Gasteiger partial charge in [0.25, 0.3) is 5.97 Å². The van der Waals surface area contributed by atoms with Crippen LogP contribution in [0.1, 0.15) is 13.3 Å². The fourth-order valence-electron chi connectivity index (χ4n) is 0.780. The van der Waals surface area contributed by atoms with Crippen LogP contribution >= 0.6 is 0 Å². The first-order valence-electron chi connectivity index (χ1n) is 3.97. The van der Waals surface area contributed by atoms with Crippen molar-refractivity contribution in [2.45, 2.75) is 25.4 Å². The molecule has 5 nitrogen and oxygen atoms in total. The topological polar surface area (TPSA) is 90.7 Å². The van der Waals surface area contributed by atoms with Crippen LogP contribution in [0.3, 0.4) is 0 Å². The smallest absolute Gasteiger partial charge is 0.296 e. The highest BCUT2D eigenvalue weighted by Gasteiger charge is 2.34. The molecule has 0 saturated carbocycles. The summed E-state index contributed by atoms with van der Waals surface area (Å²) in [5.41, 5.74) is 10.8. The summed E-state index contributed by atoms with van der Waals surface area (Å²) in [7, 11) is 1.34. The number of hydrogen-bond donors (Lipinski definition) is 3. The largest absolute Gasteiger partial charge is 0.342 e. The van der Waals surface area contributed by atoms with E-state index in [0.717, 1.165) is 0 Å². The molecule has 2 atom stereocenters. The van der Waals surface area contributed by atoms with Gasteiger partial charge in [0.1, 0.15) is 0 Å². The quantitative estimate of drug-likeness (QED) is 0.453. The lowest BCUT2D eigenvalue weighted by molar-refractivity contribution is -0.359. The number of rotatable bonds is 6. The lowest BCUT2D eigenvalue weighted by Gasteiger charge is -2.30. The van der Waals surface area contributed by atoms with Gasteiger partial charge in [0.2, 0.25) is 0 Å². The maximum atomic E-state index is 9.59. The van der Waals surface area contributed by atoms with E-state index in [-0.39, 0.29) is 6.61 Å². The summed E-state index contributed by atoms with van der Waals surface area (Å²) >= 11 is 0. The van der Waals surface area contributed by atoms with Gasteiger partial charge >= 0.3 is 0 Å². The van der Waals surface area contributed by atoms with E-state index in [1.165, 1.54) is 7.11 Å². The molecule has 5 heteroatoms. The van der Waals surface area contributed by atoms with E-state index in [1.807, 2.05) is 6.92 Å². The second-order valence-corrected chi connectivity index (χ2v) is 2.49. The van der Waals surface area contributed by atoms with Crippen molar-refractivity contribution in [3.8, 4) is 0 Å². The lowest BCUT2D eigenvalue weighted by Crippen LogP contribution is -2.52. The Balaban J connectivity index is 4.03. The molecule has 0 aromatic rings. The van der Waals surface area contributed by atoms with Gasteiger partial charge in [-0.1, -0.05) is 6.92 Å². The van der Waals surface area contributed by atoms with E-state index >= 15 is 0 Å². The Morgan fingerprint density at radius 3 is 2.50 bits per heavy atom. The van der Waals surface area contributed by atoms with Gasteiger partial charge in [-0.15, -0.1) is 0 Å². The standard InChI is InChI=1S/C7H18N2O3/c1-3-6(9)7(10,11-2)12-5-4-8/h6,10H,3-5,8-9H2,1-2H3. The highest BCUT2D eigenvalue weighted by atomic mass is 16.8. The van der Waals surface area contributed by atoms with Gasteiger partial charge in [-0.2, -0.15) is 0 Å². The molecule has 0 bridgehead atoms. The van der Waals surface area contributed by atoms with E-state index in [4.69, 9.17) is 20.9 Å². The third-order valence-electron chi connectivity index (χ3n) is 1.63. The zero-order chi connectivity index (χ0) is 9.61. The van der Waals surface area contributed by atoms with Crippen molar-refractivity contribution in [2.24, 2.45) is 11.5 Å². The Bertz CT molecular complexity index is 123. The molecule has 0 aromatic heterocycles. The first-order valence-corrected chi connectivity index (χ1v) is 3.97. The van der Waals surface area contributed by atoms with Gasteiger partial charge in [-0.05, 0) is 6.42 Å². The monoisotopic (exact) mass is 178 g/mol. The Morgan fingerprint density at radius 2 is 2.17 bits per heavy atom. The Morgan fingerprint density at radius 1 is 1.58 bits per heavy atom. The van der Waals surface area contributed by atoms with Crippen LogP contribution in [0.2, 0.25) is 0 Å². The van der Waals surface area contributed by atoms with E-state index in [9.17, 15) is 5.11 Å². The van der Waals surface area contributed by atoms with E-state index < -0.39 is 12.0 Å². The van der Waals surface area contributed by atoms with Crippen molar-refractivity contribution in [1.82, 2.24) is 0 Å². The normalized spacial score (nSPS) is 18.8. The van der Waals surface area contributed by atoms with Crippen LogP contribution in [0, 0.1) is 0 Å². The summed E-state index contributed by atoms with van der Waals surface area (Å²) in [6.45, 7) is 2.38. The average Bonchev–Trinajstić information content (AvgIpc) is 2.12. The molecule has 2 unspecified atom stereocenters. The van der Waals surface area contributed by atoms with Gasteiger partial charge in [0, 0.05) is 13.7 Å². The van der Waals surface area contributed by atoms with Crippen LogP contribution in [0.15, 0.2) is 0 Å². The molecule has 0 fully saturated rings. The summed E-state index contributed by atoms with van der Waals surface area (Å²) in [4.78, 5) is 0. The van der Waals surface area contributed by atoms with Gasteiger partial charge in [0.05, 0.1) is 12.6 Å². The summed E-state index contributed by atoms with van der Waals surface area (Å²) in [5, 5.41) is 9.59. The molecule has 0 spiro atoms. The Kier molecular flexibility index (Phi) is 5.36. The van der Waals surface area contributed by atoms with Crippen molar-refractivity contribution in [3.63, 3.8) is 0 Å². The first kappa shape index (κ1) is 11.8. The zero-order valence-electron chi connectivity index (χ0n) is 7.62. The summed E-state index contributed by atoms with van der Waals surface area (Å²) in [6.07, 6.45) is 0.564. The molecule has 0 aliphatic carbocycles. The number of nitrogens with two attached hydrogens (primary N) is 2. The minimum atomic E-state index is -1.70. The zero-order valence-corrected chi connectivity index (χ0v) is 7.62. The van der Waals surface area contributed by atoms with Crippen molar-refractivity contribution < 1.29 is 14.6 Å². The number of ether oxygens (including phenoxy) is 2. The Hall–Kier alpha value is -0.200. The molecule has 5 N–H and O–H groups in total. The van der Waals surface area contributed by atoms with Crippen LogP contribution in [0.25, 0.3) is 0 Å². The molecule has 0 aliphatic heterocycles. The highest BCUT2D eigenvalue weighted by Crippen LogP contribution is 2.13. The second kappa shape index (κ2) is 5.45.